The van der Waals surface area contributed by atoms with E-state index >= 15 is 0 Å². The fraction of sp³-hybridized carbons (Fsp3) is 0.692. The lowest BCUT2D eigenvalue weighted by molar-refractivity contribution is -0.122. The first kappa shape index (κ1) is 11.4. The van der Waals surface area contributed by atoms with Crippen LogP contribution in [0.3, 0.4) is 0 Å². The molecule has 3 atom stereocenters. The van der Waals surface area contributed by atoms with Crippen LogP contribution in [0, 0.1) is 17.8 Å². The van der Waals surface area contributed by atoms with Gasteiger partial charge in [-0.2, -0.15) is 0 Å². The second-order valence-corrected chi connectivity index (χ2v) is 4.82. The summed E-state index contributed by atoms with van der Waals surface area (Å²) in [6.07, 6.45) is 5.56. The predicted octanol–water partition coefficient (Wildman–Crippen LogP) is 1.68. The van der Waals surface area contributed by atoms with Crippen LogP contribution in [0.2, 0.25) is 0 Å². The molecule has 3 heteroatoms. The summed E-state index contributed by atoms with van der Waals surface area (Å²) < 4.78 is 0. The monoisotopic (exact) mass is 221 g/mol. The Hall–Kier alpha value is -1.12. The maximum atomic E-state index is 11.8. The summed E-state index contributed by atoms with van der Waals surface area (Å²) >= 11 is 0. The van der Waals surface area contributed by atoms with Crippen molar-refractivity contribution in [2.45, 2.75) is 32.6 Å². The Morgan fingerprint density at radius 2 is 2.25 bits per heavy atom. The van der Waals surface area contributed by atoms with E-state index in [1.54, 1.807) is 7.05 Å². The molecule has 0 bridgehead atoms. The number of carbonyl (C=O) groups is 2. The summed E-state index contributed by atoms with van der Waals surface area (Å²) in [7, 11) is 1.66. The fourth-order valence-electron chi connectivity index (χ4n) is 3.02. The Kier molecular flexibility index (Phi) is 3.13. The van der Waals surface area contributed by atoms with Crippen molar-refractivity contribution in [3.63, 3.8) is 0 Å². The number of hydrogen-bond donors (Lipinski definition) is 1. The van der Waals surface area contributed by atoms with Crippen molar-refractivity contribution in [2.24, 2.45) is 17.8 Å². The van der Waals surface area contributed by atoms with Crippen molar-refractivity contribution >= 4 is 11.7 Å². The number of rotatable bonds is 2. The average Bonchev–Trinajstić information content (AvgIpc) is 2.69. The number of nitrogens with one attached hydrogen (secondary N) is 1. The Bertz CT molecular complexity index is 346. The largest absolute Gasteiger partial charge is 0.355 e. The number of fused-ring (bicyclic) bond motifs is 1. The molecule has 1 amide bonds. The summed E-state index contributed by atoms with van der Waals surface area (Å²) in [6, 6.07) is 0. The second-order valence-electron chi connectivity index (χ2n) is 4.82. The van der Waals surface area contributed by atoms with E-state index in [0.29, 0.717) is 18.1 Å². The Balaban J connectivity index is 2.29. The molecule has 3 nitrogen and oxygen atoms in total. The number of likely N-dealkylation sites (N-methyl/N-ethyl adjacent to an activating group) is 1. The number of hydrogen-bond acceptors (Lipinski definition) is 2. The molecule has 0 unspecified atom stereocenters. The van der Waals surface area contributed by atoms with Gasteiger partial charge in [-0.1, -0.05) is 13.0 Å². The molecule has 2 rings (SSSR count). The van der Waals surface area contributed by atoms with E-state index in [2.05, 4.69) is 18.3 Å². The first-order chi connectivity index (χ1) is 7.67. The van der Waals surface area contributed by atoms with Crippen molar-refractivity contribution < 1.29 is 9.59 Å². The molecule has 88 valence electrons. The van der Waals surface area contributed by atoms with Gasteiger partial charge >= 0.3 is 0 Å². The van der Waals surface area contributed by atoms with E-state index in [1.165, 1.54) is 0 Å². The maximum absolute atomic E-state index is 11.8. The van der Waals surface area contributed by atoms with Gasteiger partial charge in [0.25, 0.3) is 0 Å². The normalized spacial score (nSPS) is 33.2. The molecule has 0 saturated heterocycles. The predicted molar refractivity (Wildman–Crippen MR) is 61.8 cm³/mol. The van der Waals surface area contributed by atoms with Crippen LogP contribution >= 0.6 is 0 Å². The van der Waals surface area contributed by atoms with Gasteiger partial charge in [0.15, 0.2) is 0 Å². The van der Waals surface area contributed by atoms with E-state index in [-0.39, 0.29) is 17.7 Å². The minimum Gasteiger partial charge on any atom is -0.355 e. The quantitative estimate of drug-likeness (QED) is 0.771. The lowest BCUT2D eigenvalue weighted by Gasteiger charge is -2.29. The average molecular weight is 221 g/mol. The highest BCUT2D eigenvalue weighted by molar-refractivity contribution is 5.96. The molecule has 0 aromatic rings. The number of carbonyl (C=O) groups excluding carboxylic acids is 2. The van der Waals surface area contributed by atoms with Crippen molar-refractivity contribution in [2.75, 3.05) is 7.05 Å². The van der Waals surface area contributed by atoms with Gasteiger partial charge in [-0.3, -0.25) is 9.59 Å². The Morgan fingerprint density at radius 3 is 2.88 bits per heavy atom. The summed E-state index contributed by atoms with van der Waals surface area (Å²) in [5.41, 5.74) is 0.858. The molecule has 2 aliphatic carbocycles. The molecule has 0 radical (unpaired) electrons. The van der Waals surface area contributed by atoms with E-state index in [0.717, 1.165) is 24.8 Å². The smallest absolute Gasteiger partial charge is 0.246 e. The highest BCUT2D eigenvalue weighted by Crippen LogP contribution is 2.43. The van der Waals surface area contributed by atoms with Crippen molar-refractivity contribution in [3.05, 3.63) is 11.6 Å². The molecule has 2 aliphatic rings. The zero-order valence-electron chi connectivity index (χ0n) is 9.95. The highest BCUT2D eigenvalue weighted by atomic mass is 16.1. The van der Waals surface area contributed by atoms with Gasteiger partial charge in [0.1, 0.15) is 5.78 Å². The molecule has 1 fully saturated rings. The van der Waals surface area contributed by atoms with Crippen molar-refractivity contribution in [3.8, 4) is 0 Å². The Morgan fingerprint density at radius 1 is 1.50 bits per heavy atom. The van der Waals surface area contributed by atoms with Gasteiger partial charge in [0.2, 0.25) is 5.91 Å². The van der Waals surface area contributed by atoms with E-state index in [4.69, 9.17) is 0 Å². The van der Waals surface area contributed by atoms with Crippen LogP contribution in [0.15, 0.2) is 11.6 Å². The topological polar surface area (TPSA) is 46.2 Å². The molecule has 1 saturated carbocycles. The third-order valence-corrected chi connectivity index (χ3v) is 3.99. The molecular weight excluding hydrogens is 202 g/mol. The third kappa shape index (κ3) is 1.79. The zero-order valence-corrected chi connectivity index (χ0v) is 9.95. The molecule has 0 aromatic carbocycles. The van der Waals surface area contributed by atoms with Crippen LogP contribution in [0.25, 0.3) is 0 Å². The number of amides is 1. The van der Waals surface area contributed by atoms with Crippen LogP contribution in [0.1, 0.15) is 32.6 Å². The molecule has 0 aliphatic heterocycles. The van der Waals surface area contributed by atoms with E-state index in [1.807, 2.05) is 0 Å². The Labute approximate surface area is 96.3 Å². The van der Waals surface area contributed by atoms with Gasteiger partial charge in [0.05, 0.1) is 0 Å². The number of allylic oxidation sites excluding steroid dienone is 1. The van der Waals surface area contributed by atoms with Crippen molar-refractivity contribution in [1.82, 2.24) is 5.32 Å². The minimum absolute atomic E-state index is 0.00264. The molecule has 16 heavy (non-hydrogen) atoms. The van der Waals surface area contributed by atoms with Crippen LogP contribution in [-0.4, -0.2) is 18.7 Å². The van der Waals surface area contributed by atoms with Crippen LogP contribution in [-0.2, 0) is 9.59 Å². The van der Waals surface area contributed by atoms with Gasteiger partial charge in [0, 0.05) is 25.0 Å². The van der Waals surface area contributed by atoms with E-state index < -0.39 is 0 Å². The third-order valence-electron chi connectivity index (χ3n) is 3.99. The van der Waals surface area contributed by atoms with Gasteiger partial charge in [-0.25, -0.2) is 0 Å². The summed E-state index contributed by atoms with van der Waals surface area (Å²) in [5, 5.41) is 2.69. The summed E-state index contributed by atoms with van der Waals surface area (Å²) in [6.45, 7) is 2.11. The second kappa shape index (κ2) is 4.40. The standard InChI is InChI=1S/C13H19NO2/c1-3-8-6-10-9(4-5-12(10)15)11(7-8)13(16)14-2/h7-10H,3-6H2,1-2H3,(H,14,16)/t8-,9+,10+/m1/s1. The lowest BCUT2D eigenvalue weighted by Crippen LogP contribution is -2.32. The van der Waals surface area contributed by atoms with Gasteiger partial charge in [-0.15, -0.1) is 0 Å². The number of Topliss-reactive ketones (excluding diaryl/α,β-unsaturated/α-hetero) is 1. The SMILES string of the molecule is CC[C@H]1C=C(C(=O)NC)[C@H]2CCC(=O)[C@H]2C1. The highest BCUT2D eigenvalue weighted by Gasteiger charge is 2.42. The molecule has 0 aromatic heterocycles. The lowest BCUT2D eigenvalue weighted by atomic mass is 9.75. The zero-order chi connectivity index (χ0) is 11.7. The first-order valence-electron chi connectivity index (χ1n) is 6.13. The summed E-state index contributed by atoms with van der Waals surface area (Å²) in [4.78, 5) is 23.6. The van der Waals surface area contributed by atoms with Crippen molar-refractivity contribution in [1.29, 1.82) is 0 Å². The first-order valence-corrected chi connectivity index (χ1v) is 6.13. The number of ketones is 1. The van der Waals surface area contributed by atoms with Crippen LogP contribution in [0.5, 0.6) is 0 Å². The van der Waals surface area contributed by atoms with Gasteiger partial charge < -0.3 is 5.32 Å². The van der Waals surface area contributed by atoms with Crippen LogP contribution < -0.4 is 5.32 Å². The van der Waals surface area contributed by atoms with Crippen LogP contribution in [0.4, 0.5) is 0 Å². The fourth-order valence-corrected chi connectivity index (χ4v) is 3.02. The molecule has 1 N–H and O–H groups in total. The molecule has 0 spiro atoms. The minimum atomic E-state index is 0.00264. The molecular formula is C13H19NO2. The van der Waals surface area contributed by atoms with Gasteiger partial charge in [-0.05, 0) is 31.1 Å². The van der Waals surface area contributed by atoms with E-state index in [9.17, 15) is 9.59 Å². The molecule has 0 heterocycles. The summed E-state index contributed by atoms with van der Waals surface area (Å²) in [5.74, 6) is 1.06. The maximum Gasteiger partial charge on any atom is 0.246 e.